The molecule has 1 aliphatic rings. The van der Waals surface area contributed by atoms with Gasteiger partial charge in [0, 0.05) is 31.7 Å². The third-order valence-electron chi connectivity index (χ3n) is 5.70. The van der Waals surface area contributed by atoms with Crippen LogP contribution in [-0.4, -0.2) is 54.3 Å². The molecule has 0 unspecified atom stereocenters. The number of amides is 2. The first-order valence-corrected chi connectivity index (χ1v) is 10.7. The van der Waals surface area contributed by atoms with Crippen molar-refractivity contribution in [2.24, 2.45) is 0 Å². The van der Waals surface area contributed by atoms with E-state index in [0.717, 1.165) is 13.1 Å². The standard InChI is InChI=1S/C26H27N3O2/c30-24(20-27-26(31)23-14-8-3-9-15-23)28-16-18-29(19-17-28)25(21-10-4-1-5-11-21)22-12-6-2-7-13-22/h1-15,25H,16-20H2,(H,27,31). The summed E-state index contributed by atoms with van der Waals surface area (Å²) < 4.78 is 0. The van der Waals surface area contributed by atoms with Crippen molar-refractivity contribution in [2.45, 2.75) is 6.04 Å². The first-order chi connectivity index (χ1) is 15.2. The van der Waals surface area contributed by atoms with Crippen LogP contribution in [0.5, 0.6) is 0 Å². The fraction of sp³-hybridized carbons (Fsp3) is 0.231. The Balaban J connectivity index is 1.36. The number of hydrogen-bond donors (Lipinski definition) is 1. The summed E-state index contributed by atoms with van der Waals surface area (Å²) >= 11 is 0. The lowest BCUT2D eigenvalue weighted by atomic mass is 9.96. The molecule has 31 heavy (non-hydrogen) atoms. The zero-order chi connectivity index (χ0) is 21.5. The monoisotopic (exact) mass is 413 g/mol. The van der Waals surface area contributed by atoms with Gasteiger partial charge in [-0.2, -0.15) is 0 Å². The Hall–Kier alpha value is -3.44. The lowest BCUT2D eigenvalue weighted by molar-refractivity contribution is -0.132. The van der Waals surface area contributed by atoms with Crippen LogP contribution in [0.3, 0.4) is 0 Å². The van der Waals surface area contributed by atoms with Gasteiger partial charge < -0.3 is 10.2 Å². The average molecular weight is 414 g/mol. The summed E-state index contributed by atoms with van der Waals surface area (Å²) in [6, 6.07) is 30.1. The average Bonchev–Trinajstić information content (AvgIpc) is 2.85. The molecular weight excluding hydrogens is 386 g/mol. The maximum atomic E-state index is 12.6. The minimum atomic E-state index is -0.221. The smallest absolute Gasteiger partial charge is 0.251 e. The minimum absolute atomic E-state index is 0.0223. The largest absolute Gasteiger partial charge is 0.343 e. The van der Waals surface area contributed by atoms with Crippen LogP contribution in [0, 0.1) is 0 Å². The Bertz CT molecular complexity index is 945. The molecule has 0 aliphatic carbocycles. The highest BCUT2D eigenvalue weighted by atomic mass is 16.2. The highest BCUT2D eigenvalue weighted by Gasteiger charge is 2.28. The fourth-order valence-corrected chi connectivity index (χ4v) is 4.07. The second-order valence-electron chi connectivity index (χ2n) is 7.69. The third kappa shape index (κ3) is 5.19. The summed E-state index contributed by atoms with van der Waals surface area (Å²) in [5, 5.41) is 2.74. The molecule has 0 saturated carbocycles. The predicted octanol–water partition coefficient (Wildman–Crippen LogP) is 3.35. The van der Waals surface area contributed by atoms with E-state index in [9.17, 15) is 9.59 Å². The van der Waals surface area contributed by atoms with Crippen LogP contribution in [0.25, 0.3) is 0 Å². The molecule has 5 heteroatoms. The second-order valence-corrected chi connectivity index (χ2v) is 7.69. The van der Waals surface area contributed by atoms with Gasteiger partial charge in [0.25, 0.3) is 5.91 Å². The quantitative estimate of drug-likeness (QED) is 0.674. The lowest BCUT2D eigenvalue weighted by Gasteiger charge is -2.39. The first kappa shape index (κ1) is 20.8. The van der Waals surface area contributed by atoms with Crippen molar-refractivity contribution >= 4 is 11.8 Å². The molecule has 0 aromatic heterocycles. The number of piperazine rings is 1. The van der Waals surface area contributed by atoms with Gasteiger partial charge in [-0.3, -0.25) is 14.5 Å². The number of carbonyl (C=O) groups excluding carboxylic acids is 2. The van der Waals surface area contributed by atoms with E-state index >= 15 is 0 Å². The molecule has 1 fully saturated rings. The highest BCUT2D eigenvalue weighted by molar-refractivity contribution is 5.96. The number of hydrogen-bond acceptors (Lipinski definition) is 3. The van der Waals surface area contributed by atoms with Crippen molar-refractivity contribution in [3.8, 4) is 0 Å². The molecule has 2 amide bonds. The summed E-state index contributed by atoms with van der Waals surface area (Å²) in [7, 11) is 0. The molecule has 3 aromatic rings. The number of benzene rings is 3. The van der Waals surface area contributed by atoms with Gasteiger partial charge in [0.05, 0.1) is 12.6 Å². The van der Waals surface area contributed by atoms with Crippen molar-refractivity contribution < 1.29 is 9.59 Å². The molecule has 1 N–H and O–H groups in total. The maximum Gasteiger partial charge on any atom is 0.251 e. The molecule has 0 radical (unpaired) electrons. The van der Waals surface area contributed by atoms with Crippen LogP contribution in [0.2, 0.25) is 0 Å². The minimum Gasteiger partial charge on any atom is -0.343 e. The zero-order valence-corrected chi connectivity index (χ0v) is 17.5. The topological polar surface area (TPSA) is 52.7 Å². The van der Waals surface area contributed by atoms with E-state index in [2.05, 4.69) is 58.7 Å². The van der Waals surface area contributed by atoms with Crippen molar-refractivity contribution in [2.75, 3.05) is 32.7 Å². The molecule has 0 bridgehead atoms. The first-order valence-electron chi connectivity index (χ1n) is 10.7. The number of rotatable bonds is 6. The van der Waals surface area contributed by atoms with Crippen LogP contribution in [0.15, 0.2) is 91.0 Å². The number of nitrogens with zero attached hydrogens (tertiary/aromatic N) is 2. The molecule has 5 nitrogen and oxygen atoms in total. The molecule has 3 aromatic carbocycles. The Morgan fingerprint density at radius 3 is 1.71 bits per heavy atom. The van der Waals surface area contributed by atoms with Gasteiger partial charge in [-0.25, -0.2) is 0 Å². The van der Waals surface area contributed by atoms with Gasteiger partial charge in [-0.1, -0.05) is 78.9 Å². The van der Waals surface area contributed by atoms with Crippen LogP contribution in [-0.2, 0) is 4.79 Å². The number of nitrogens with one attached hydrogen (secondary N) is 1. The van der Waals surface area contributed by atoms with E-state index in [1.165, 1.54) is 11.1 Å². The summed E-state index contributed by atoms with van der Waals surface area (Å²) in [4.78, 5) is 29.1. The van der Waals surface area contributed by atoms with Crippen molar-refractivity contribution in [3.63, 3.8) is 0 Å². The molecule has 0 atom stereocenters. The Labute approximate surface area is 183 Å². The highest BCUT2D eigenvalue weighted by Crippen LogP contribution is 2.29. The summed E-state index contributed by atoms with van der Waals surface area (Å²) in [6.45, 7) is 2.89. The van der Waals surface area contributed by atoms with Crippen LogP contribution >= 0.6 is 0 Å². The van der Waals surface area contributed by atoms with Crippen LogP contribution in [0.1, 0.15) is 27.5 Å². The summed E-state index contributed by atoms with van der Waals surface area (Å²) in [5.74, 6) is -0.263. The van der Waals surface area contributed by atoms with Gasteiger partial charge in [0.1, 0.15) is 0 Å². The van der Waals surface area contributed by atoms with E-state index in [1.54, 1.807) is 12.1 Å². The molecule has 0 spiro atoms. The molecule has 1 heterocycles. The van der Waals surface area contributed by atoms with E-state index < -0.39 is 0 Å². The van der Waals surface area contributed by atoms with E-state index in [-0.39, 0.29) is 24.4 Å². The third-order valence-corrected chi connectivity index (χ3v) is 5.70. The van der Waals surface area contributed by atoms with Crippen LogP contribution in [0.4, 0.5) is 0 Å². The van der Waals surface area contributed by atoms with Gasteiger partial charge in [0.2, 0.25) is 5.91 Å². The Kier molecular flexibility index (Phi) is 6.75. The van der Waals surface area contributed by atoms with Gasteiger partial charge in [0.15, 0.2) is 0 Å². The molecule has 1 aliphatic heterocycles. The van der Waals surface area contributed by atoms with Gasteiger partial charge in [-0.05, 0) is 23.3 Å². The van der Waals surface area contributed by atoms with E-state index in [4.69, 9.17) is 0 Å². The SMILES string of the molecule is O=C(NCC(=O)N1CCN(C(c2ccccc2)c2ccccc2)CC1)c1ccccc1. The Morgan fingerprint density at radius 1 is 0.710 bits per heavy atom. The fourth-order valence-electron chi connectivity index (χ4n) is 4.07. The van der Waals surface area contributed by atoms with Crippen molar-refractivity contribution in [3.05, 3.63) is 108 Å². The lowest BCUT2D eigenvalue weighted by Crippen LogP contribution is -2.52. The van der Waals surface area contributed by atoms with Crippen molar-refractivity contribution in [1.29, 1.82) is 0 Å². The predicted molar refractivity (Wildman–Crippen MR) is 122 cm³/mol. The van der Waals surface area contributed by atoms with Gasteiger partial charge >= 0.3 is 0 Å². The summed E-state index contributed by atoms with van der Waals surface area (Å²) in [6.07, 6.45) is 0. The van der Waals surface area contributed by atoms with Crippen molar-refractivity contribution in [1.82, 2.24) is 15.1 Å². The molecule has 1 saturated heterocycles. The molecule has 4 rings (SSSR count). The van der Waals surface area contributed by atoms with E-state index in [0.29, 0.717) is 18.7 Å². The Morgan fingerprint density at radius 2 is 1.19 bits per heavy atom. The molecular formula is C26H27N3O2. The van der Waals surface area contributed by atoms with E-state index in [1.807, 2.05) is 35.2 Å². The number of carbonyl (C=O) groups is 2. The molecule has 158 valence electrons. The summed E-state index contributed by atoms with van der Waals surface area (Å²) in [5.41, 5.74) is 3.07. The maximum absolute atomic E-state index is 12.6. The normalized spacial score (nSPS) is 14.4. The van der Waals surface area contributed by atoms with Crippen LogP contribution < -0.4 is 5.32 Å². The zero-order valence-electron chi connectivity index (χ0n) is 17.5. The van der Waals surface area contributed by atoms with Gasteiger partial charge in [-0.15, -0.1) is 0 Å². The second kappa shape index (κ2) is 10.0.